The van der Waals surface area contributed by atoms with Crippen LogP contribution >= 0.6 is 0 Å². The molecule has 2 saturated carbocycles. The molecule has 3 rings (SSSR count). The molecule has 0 aromatic heterocycles. The van der Waals surface area contributed by atoms with Crippen molar-refractivity contribution in [1.29, 1.82) is 0 Å². The van der Waals surface area contributed by atoms with E-state index in [1.54, 1.807) is 11.1 Å². The molecular weight excluding hydrogens is 324 g/mol. The fourth-order valence-corrected chi connectivity index (χ4v) is 5.90. The maximum absolute atomic E-state index is 2.45. The van der Waals surface area contributed by atoms with Gasteiger partial charge < -0.3 is 0 Å². The average Bonchev–Trinajstić information content (AvgIpc) is 2.73. The number of rotatable bonds is 9. The van der Waals surface area contributed by atoms with E-state index in [1.807, 2.05) is 0 Å². The molecule has 0 unspecified atom stereocenters. The van der Waals surface area contributed by atoms with Crippen molar-refractivity contribution in [3.63, 3.8) is 0 Å². The molecular formula is C27H44. The van der Waals surface area contributed by atoms with Crippen molar-refractivity contribution >= 4 is 0 Å². The van der Waals surface area contributed by atoms with E-state index < -0.39 is 0 Å². The predicted octanol–water partition coefficient (Wildman–Crippen LogP) is 8.69. The Bertz CT molecular complexity index is 497. The maximum atomic E-state index is 2.45. The quantitative estimate of drug-likeness (QED) is 0.382. The Balaban J connectivity index is 1.40. The highest BCUT2D eigenvalue weighted by Gasteiger charge is 2.31. The van der Waals surface area contributed by atoms with E-state index in [1.165, 1.54) is 96.3 Å². The molecule has 0 nitrogen and oxygen atoms in total. The standard InChI is InChI=1S/C27H44/c1-3-5-7-9-23-12-16-25(17-13-23)27-20-18-26(19-21-27)24-14-10-22(11-15-24)8-6-4-2/h12-13,16-17,22,24,26-27H,3-11,14-15,18-21H2,1-2H3/t22-,24-,26-,27-. The highest BCUT2D eigenvalue weighted by Crippen LogP contribution is 2.44. The van der Waals surface area contributed by atoms with Gasteiger partial charge in [0.2, 0.25) is 0 Å². The zero-order valence-electron chi connectivity index (χ0n) is 18.2. The molecule has 2 aliphatic carbocycles. The van der Waals surface area contributed by atoms with Gasteiger partial charge in [-0.15, -0.1) is 0 Å². The third-order valence-corrected chi connectivity index (χ3v) is 7.82. The van der Waals surface area contributed by atoms with Crippen LogP contribution in [0.4, 0.5) is 0 Å². The molecule has 0 amide bonds. The smallest absolute Gasteiger partial charge is 0.0162 e. The summed E-state index contributed by atoms with van der Waals surface area (Å²) in [7, 11) is 0. The molecule has 1 aromatic rings. The van der Waals surface area contributed by atoms with E-state index in [4.69, 9.17) is 0 Å². The molecule has 0 aliphatic heterocycles. The number of aryl methyl sites for hydroxylation is 1. The summed E-state index contributed by atoms with van der Waals surface area (Å²) < 4.78 is 0. The lowest BCUT2D eigenvalue weighted by atomic mass is 9.68. The Labute approximate surface area is 169 Å². The molecule has 0 atom stereocenters. The molecule has 0 radical (unpaired) electrons. The highest BCUT2D eigenvalue weighted by atomic mass is 14.4. The fourth-order valence-electron chi connectivity index (χ4n) is 5.90. The van der Waals surface area contributed by atoms with Gasteiger partial charge in [0.25, 0.3) is 0 Å². The van der Waals surface area contributed by atoms with Gasteiger partial charge in [-0.25, -0.2) is 0 Å². The number of hydrogen-bond donors (Lipinski definition) is 0. The van der Waals surface area contributed by atoms with Crippen LogP contribution in [0.2, 0.25) is 0 Å². The van der Waals surface area contributed by atoms with Gasteiger partial charge in [0.15, 0.2) is 0 Å². The van der Waals surface area contributed by atoms with Gasteiger partial charge in [-0.2, -0.15) is 0 Å². The summed E-state index contributed by atoms with van der Waals surface area (Å²) in [5, 5.41) is 0. The molecule has 0 N–H and O–H groups in total. The van der Waals surface area contributed by atoms with Crippen LogP contribution in [0.1, 0.15) is 121 Å². The van der Waals surface area contributed by atoms with E-state index in [0.29, 0.717) is 0 Å². The highest BCUT2D eigenvalue weighted by molar-refractivity contribution is 5.26. The van der Waals surface area contributed by atoms with Crippen LogP contribution in [-0.2, 0) is 6.42 Å². The number of hydrogen-bond acceptors (Lipinski definition) is 0. The molecule has 0 heterocycles. The Morgan fingerprint density at radius 3 is 1.85 bits per heavy atom. The van der Waals surface area contributed by atoms with Gasteiger partial charge in [0.1, 0.15) is 0 Å². The molecule has 152 valence electrons. The Morgan fingerprint density at radius 2 is 1.26 bits per heavy atom. The Hall–Kier alpha value is -0.780. The first kappa shape index (κ1) is 20.9. The van der Waals surface area contributed by atoms with Crippen molar-refractivity contribution in [2.75, 3.05) is 0 Å². The molecule has 0 bridgehead atoms. The molecule has 1 aromatic carbocycles. The normalized spacial score (nSPS) is 29.0. The van der Waals surface area contributed by atoms with Crippen LogP contribution in [0.15, 0.2) is 24.3 Å². The van der Waals surface area contributed by atoms with Gasteiger partial charge in [0, 0.05) is 0 Å². The zero-order chi connectivity index (χ0) is 18.9. The van der Waals surface area contributed by atoms with Crippen LogP contribution < -0.4 is 0 Å². The second-order valence-corrected chi connectivity index (χ2v) is 9.73. The predicted molar refractivity (Wildman–Crippen MR) is 119 cm³/mol. The lowest BCUT2D eigenvalue weighted by Gasteiger charge is -2.38. The Kier molecular flexibility index (Phi) is 8.75. The second-order valence-electron chi connectivity index (χ2n) is 9.73. The van der Waals surface area contributed by atoms with Crippen molar-refractivity contribution in [3.05, 3.63) is 35.4 Å². The van der Waals surface area contributed by atoms with E-state index in [0.717, 1.165) is 23.7 Å². The van der Waals surface area contributed by atoms with Crippen LogP contribution in [-0.4, -0.2) is 0 Å². The van der Waals surface area contributed by atoms with E-state index in [-0.39, 0.29) is 0 Å². The van der Waals surface area contributed by atoms with E-state index in [9.17, 15) is 0 Å². The van der Waals surface area contributed by atoms with Gasteiger partial charge in [-0.05, 0) is 86.2 Å². The number of unbranched alkanes of at least 4 members (excludes halogenated alkanes) is 3. The molecule has 2 aliphatic rings. The van der Waals surface area contributed by atoms with Gasteiger partial charge >= 0.3 is 0 Å². The van der Waals surface area contributed by atoms with Crippen molar-refractivity contribution in [2.24, 2.45) is 17.8 Å². The SMILES string of the molecule is CCCCCc1ccc([C@H]2CC[C@H]([C@H]3CC[C@H](CCCC)CC3)CC2)cc1. The summed E-state index contributed by atoms with van der Waals surface area (Å²) in [6, 6.07) is 9.72. The first-order chi connectivity index (χ1) is 13.3. The third kappa shape index (κ3) is 6.37. The van der Waals surface area contributed by atoms with Crippen molar-refractivity contribution in [3.8, 4) is 0 Å². The first-order valence-electron chi connectivity index (χ1n) is 12.4. The van der Waals surface area contributed by atoms with Gasteiger partial charge in [-0.3, -0.25) is 0 Å². The van der Waals surface area contributed by atoms with Crippen LogP contribution in [0, 0.1) is 17.8 Å². The molecule has 2 fully saturated rings. The van der Waals surface area contributed by atoms with Gasteiger partial charge in [-0.1, -0.05) is 83.1 Å². The minimum absolute atomic E-state index is 0.840. The monoisotopic (exact) mass is 368 g/mol. The molecule has 0 heteroatoms. The summed E-state index contributed by atoms with van der Waals surface area (Å²) in [5.74, 6) is 4.01. The lowest BCUT2D eigenvalue weighted by molar-refractivity contribution is 0.156. The molecule has 0 spiro atoms. The van der Waals surface area contributed by atoms with Gasteiger partial charge in [0.05, 0.1) is 0 Å². The molecule has 0 saturated heterocycles. The summed E-state index contributed by atoms with van der Waals surface area (Å²) in [6.45, 7) is 4.63. The topological polar surface area (TPSA) is 0 Å². The van der Waals surface area contributed by atoms with Crippen LogP contribution in [0.25, 0.3) is 0 Å². The third-order valence-electron chi connectivity index (χ3n) is 7.82. The Morgan fingerprint density at radius 1 is 0.667 bits per heavy atom. The fraction of sp³-hybridized carbons (Fsp3) is 0.778. The minimum Gasteiger partial charge on any atom is -0.0654 e. The minimum atomic E-state index is 0.840. The summed E-state index contributed by atoms with van der Waals surface area (Å²) in [6.07, 6.45) is 21.6. The van der Waals surface area contributed by atoms with Crippen LogP contribution in [0.5, 0.6) is 0 Å². The summed E-state index contributed by atoms with van der Waals surface area (Å²) in [5.41, 5.74) is 3.16. The van der Waals surface area contributed by atoms with E-state index in [2.05, 4.69) is 38.1 Å². The van der Waals surface area contributed by atoms with E-state index >= 15 is 0 Å². The zero-order valence-corrected chi connectivity index (χ0v) is 18.2. The lowest BCUT2D eigenvalue weighted by Crippen LogP contribution is -2.25. The molecule has 27 heavy (non-hydrogen) atoms. The summed E-state index contributed by atoms with van der Waals surface area (Å²) >= 11 is 0. The second kappa shape index (κ2) is 11.3. The average molecular weight is 369 g/mol. The van der Waals surface area contributed by atoms with Crippen molar-refractivity contribution < 1.29 is 0 Å². The van der Waals surface area contributed by atoms with Crippen molar-refractivity contribution in [2.45, 2.75) is 116 Å². The maximum Gasteiger partial charge on any atom is -0.0162 e. The van der Waals surface area contributed by atoms with Crippen LogP contribution in [0.3, 0.4) is 0 Å². The number of benzene rings is 1. The summed E-state index contributed by atoms with van der Waals surface area (Å²) in [4.78, 5) is 0. The first-order valence-corrected chi connectivity index (χ1v) is 12.4. The largest absolute Gasteiger partial charge is 0.0654 e. The van der Waals surface area contributed by atoms with Crippen molar-refractivity contribution in [1.82, 2.24) is 0 Å².